The lowest BCUT2D eigenvalue weighted by Crippen LogP contribution is -2.33. The SMILES string of the molecule is COC(CNC(=O)C=CC(=O)O)OC. The maximum Gasteiger partial charge on any atom is 0.328 e. The number of carboxylic acids is 1. The van der Waals surface area contributed by atoms with Gasteiger partial charge in [0.25, 0.3) is 0 Å². The van der Waals surface area contributed by atoms with Crippen molar-refractivity contribution in [2.45, 2.75) is 6.29 Å². The zero-order chi connectivity index (χ0) is 11.0. The van der Waals surface area contributed by atoms with Crippen LogP contribution in [-0.4, -0.2) is 44.0 Å². The summed E-state index contributed by atoms with van der Waals surface area (Å²) in [6.07, 6.45) is 1.14. The lowest BCUT2D eigenvalue weighted by atomic mass is 10.4. The van der Waals surface area contributed by atoms with Crippen molar-refractivity contribution < 1.29 is 24.2 Å². The van der Waals surface area contributed by atoms with E-state index in [9.17, 15) is 9.59 Å². The maximum atomic E-state index is 10.9. The van der Waals surface area contributed by atoms with Gasteiger partial charge in [-0.05, 0) is 0 Å². The summed E-state index contributed by atoms with van der Waals surface area (Å²) in [5.41, 5.74) is 0. The number of carbonyl (C=O) groups is 2. The third kappa shape index (κ3) is 6.15. The van der Waals surface area contributed by atoms with E-state index in [0.29, 0.717) is 0 Å². The molecule has 0 heterocycles. The Hall–Kier alpha value is -1.40. The van der Waals surface area contributed by atoms with E-state index in [1.165, 1.54) is 14.2 Å². The number of carboxylic acid groups (broad SMARTS) is 1. The number of aliphatic carboxylic acids is 1. The van der Waals surface area contributed by atoms with Gasteiger partial charge in [0.15, 0.2) is 6.29 Å². The molecule has 80 valence electrons. The highest BCUT2D eigenvalue weighted by Crippen LogP contribution is 1.87. The Labute approximate surface area is 81.5 Å². The maximum absolute atomic E-state index is 10.9. The van der Waals surface area contributed by atoms with Crippen LogP contribution in [-0.2, 0) is 19.1 Å². The zero-order valence-electron chi connectivity index (χ0n) is 8.02. The number of amides is 1. The van der Waals surface area contributed by atoms with Gasteiger partial charge in [-0.15, -0.1) is 0 Å². The van der Waals surface area contributed by atoms with Gasteiger partial charge in [0, 0.05) is 26.4 Å². The number of rotatable bonds is 6. The fourth-order valence-corrected chi connectivity index (χ4v) is 0.653. The molecule has 0 aliphatic carbocycles. The molecule has 0 aromatic carbocycles. The first-order valence-corrected chi connectivity index (χ1v) is 3.84. The molecular formula is C8H13NO5. The highest BCUT2D eigenvalue weighted by molar-refractivity contribution is 5.93. The monoisotopic (exact) mass is 203 g/mol. The molecule has 0 aromatic heterocycles. The summed E-state index contributed by atoms with van der Waals surface area (Å²) in [6.45, 7) is 0.162. The van der Waals surface area contributed by atoms with Gasteiger partial charge in [0.2, 0.25) is 5.91 Å². The summed E-state index contributed by atoms with van der Waals surface area (Å²) >= 11 is 0. The summed E-state index contributed by atoms with van der Waals surface area (Å²) in [4.78, 5) is 20.9. The first-order chi connectivity index (χ1) is 6.60. The van der Waals surface area contributed by atoms with E-state index in [0.717, 1.165) is 12.2 Å². The third-order valence-corrected chi connectivity index (χ3v) is 1.35. The van der Waals surface area contributed by atoms with Crippen LogP contribution in [0.5, 0.6) is 0 Å². The van der Waals surface area contributed by atoms with E-state index in [-0.39, 0.29) is 6.54 Å². The van der Waals surface area contributed by atoms with Crippen molar-refractivity contribution in [2.24, 2.45) is 0 Å². The van der Waals surface area contributed by atoms with Crippen LogP contribution in [0.4, 0.5) is 0 Å². The summed E-state index contributed by atoms with van der Waals surface area (Å²) in [5.74, 6) is -1.68. The van der Waals surface area contributed by atoms with Crippen molar-refractivity contribution in [1.82, 2.24) is 5.32 Å². The molecule has 6 nitrogen and oxygen atoms in total. The van der Waals surface area contributed by atoms with E-state index in [1.54, 1.807) is 0 Å². The molecule has 0 aromatic rings. The van der Waals surface area contributed by atoms with Crippen LogP contribution >= 0.6 is 0 Å². The minimum Gasteiger partial charge on any atom is -0.478 e. The molecule has 6 heteroatoms. The van der Waals surface area contributed by atoms with Crippen molar-refractivity contribution in [1.29, 1.82) is 0 Å². The van der Waals surface area contributed by atoms with E-state index in [2.05, 4.69) is 5.32 Å². The van der Waals surface area contributed by atoms with Crippen LogP contribution in [0, 0.1) is 0 Å². The molecule has 0 radical (unpaired) electrons. The Morgan fingerprint density at radius 3 is 2.36 bits per heavy atom. The van der Waals surface area contributed by atoms with Gasteiger partial charge in [-0.2, -0.15) is 0 Å². The van der Waals surface area contributed by atoms with Crippen LogP contribution < -0.4 is 5.32 Å². The van der Waals surface area contributed by atoms with Gasteiger partial charge in [0.1, 0.15) is 0 Å². The Balaban J connectivity index is 3.78. The second-order valence-corrected chi connectivity index (χ2v) is 2.32. The molecule has 0 saturated heterocycles. The standard InChI is InChI=1S/C8H13NO5/c1-13-8(14-2)5-9-6(10)3-4-7(11)12/h3-4,8H,5H2,1-2H3,(H,9,10)(H,11,12). The zero-order valence-corrected chi connectivity index (χ0v) is 8.02. The van der Waals surface area contributed by atoms with Crippen LogP contribution in [0.2, 0.25) is 0 Å². The molecule has 0 bridgehead atoms. The summed E-state index contributed by atoms with van der Waals surface area (Å²) in [5, 5.41) is 10.6. The minimum absolute atomic E-state index is 0.162. The summed E-state index contributed by atoms with van der Waals surface area (Å²) in [6, 6.07) is 0. The molecule has 0 spiro atoms. The predicted molar refractivity (Wildman–Crippen MR) is 47.6 cm³/mol. The Bertz CT molecular complexity index is 222. The van der Waals surface area contributed by atoms with Crippen LogP contribution in [0.3, 0.4) is 0 Å². The Kier molecular flexibility index (Phi) is 6.34. The van der Waals surface area contributed by atoms with Gasteiger partial charge in [0.05, 0.1) is 6.54 Å². The van der Waals surface area contributed by atoms with Crippen LogP contribution in [0.25, 0.3) is 0 Å². The highest BCUT2D eigenvalue weighted by atomic mass is 16.7. The van der Waals surface area contributed by atoms with E-state index in [4.69, 9.17) is 14.6 Å². The molecule has 0 saturated carbocycles. The molecule has 0 rings (SSSR count). The second-order valence-electron chi connectivity index (χ2n) is 2.32. The van der Waals surface area contributed by atoms with Gasteiger partial charge in [-0.1, -0.05) is 0 Å². The summed E-state index contributed by atoms with van der Waals surface area (Å²) in [7, 11) is 2.88. The Morgan fingerprint density at radius 1 is 1.36 bits per heavy atom. The fraction of sp³-hybridized carbons (Fsp3) is 0.500. The van der Waals surface area contributed by atoms with Crippen molar-refractivity contribution in [3.05, 3.63) is 12.2 Å². The second kappa shape index (κ2) is 7.05. The first-order valence-electron chi connectivity index (χ1n) is 3.84. The third-order valence-electron chi connectivity index (χ3n) is 1.35. The number of carbonyl (C=O) groups excluding carboxylic acids is 1. The lowest BCUT2D eigenvalue weighted by molar-refractivity contribution is -0.131. The number of hydrogen-bond acceptors (Lipinski definition) is 4. The average Bonchev–Trinajstić information content (AvgIpc) is 2.16. The molecule has 0 aliphatic heterocycles. The van der Waals surface area contributed by atoms with E-state index >= 15 is 0 Å². The number of methoxy groups -OCH3 is 2. The molecular weight excluding hydrogens is 190 g/mol. The topological polar surface area (TPSA) is 84.9 Å². The smallest absolute Gasteiger partial charge is 0.328 e. The predicted octanol–water partition coefficient (Wildman–Crippen LogP) is -0.638. The van der Waals surface area contributed by atoms with Crippen molar-refractivity contribution in [3.63, 3.8) is 0 Å². The van der Waals surface area contributed by atoms with Gasteiger partial charge >= 0.3 is 5.97 Å². The quantitative estimate of drug-likeness (QED) is 0.443. The highest BCUT2D eigenvalue weighted by Gasteiger charge is 2.05. The fourth-order valence-electron chi connectivity index (χ4n) is 0.653. The van der Waals surface area contributed by atoms with Crippen LogP contribution in [0.1, 0.15) is 0 Å². The van der Waals surface area contributed by atoms with E-state index in [1.807, 2.05) is 0 Å². The van der Waals surface area contributed by atoms with E-state index < -0.39 is 18.2 Å². The normalized spacial score (nSPS) is 10.8. The first kappa shape index (κ1) is 12.6. The number of ether oxygens (including phenoxy) is 2. The molecule has 1 amide bonds. The van der Waals surface area contributed by atoms with Gasteiger partial charge < -0.3 is 19.9 Å². The molecule has 2 N–H and O–H groups in total. The lowest BCUT2D eigenvalue weighted by Gasteiger charge is -2.12. The van der Waals surface area contributed by atoms with Crippen molar-refractivity contribution >= 4 is 11.9 Å². The van der Waals surface area contributed by atoms with Crippen LogP contribution in [0.15, 0.2) is 12.2 Å². The number of nitrogens with one attached hydrogen (secondary N) is 1. The minimum atomic E-state index is -1.17. The van der Waals surface area contributed by atoms with Crippen molar-refractivity contribution in [3.8, 4) is 0 Å². The molecule has 0 fully saturated rings. The molecule has 0 aliphatic rings. The summed E-state index contributed by atoms with van der Waals surface area (Å²) < 4.78 is 9.60. The van der Waals surface area contributed by atoms with Crippen molar-refractivity contribution in [2.75, 3.05) is 20.8 Å². The molecule has 14 heavy (non-hydrogen) atoms. The molecule has 0 unspecified atom stereocenters. The molecule has 0 atom stereocenters. The average molecular weight is 203 g/mol. The van der Waals surface area contributed by atoms with Gasteiger partial charge in [-0.3, -0.25) is 4.79 Å². The Morgan fingerprint density at radius 2 is 1.93 bits per heavy atom. The number of hydrogen-bond donors (Lipinski definition) is 2. The largest absolute Gasteiger partial charge is 0.478 e. The van der Waals surface area contributed by atoms with Gasteiger partial charge in [-0.25, -0.2) is 4.79 Å².